The SMILES string of the molecule is CSc1ccc(-c2cnc(Nc3ccccc3)[nH]c2=O)cc1. The topological polar surface area (TPSA) is 57.8 Å². The average molecular weight is 309 g/mol. The van der Waals surface area contributed by atoms with Gasteiger partial charge in [0.2, 0.25) is 5.95 Å². The fourth-order valence-electron chi connectivity index (χ4n) is 2.09. The van der Waals surface area contributed by atoms with Crippen molar-refractivity contribution in [2.45, 2.75) is 4.90 Å². The molecule has 0 aliphatic rings. The highest BCUT2D eigenvalue weighted by Gasteiger charge is 2.05. The zero-order valence-corrected chi connectivity index (χ0v) is 12.9. The van der Waals surface area contributed by atoms with Crippen molar-refractivity contribution >= 4 is 23.4 Å². The van der Waals surface area contributed by atoms with Crippen LogP contribution in [0.25, 0.3) is 11.1 Å². The van der Waals surface area contributed by atoms with Crippen LogP contribution in [0.15, 0.2) is 70.5 Å². The van der Waals surface area contributed by atoms with Crippen molar-refractivity contribution in [2.24, 2.45) is 0 Å². The lowest BCUT2D eigenvalue weighted by molar-refractivity contribution is 1.12. The second-order valence-electron chi connectivity index (χ2n) is 4.69. The van der Waals surface area contributed by atoms with Gasteiger partial charge in [-0.15, -0.1) is 11.8 Å². The number of anilines is 2. The van der Waals surface area contributed by atoms with Crippen LogP contribution in [0.4, 0.5) is 11.6 Å². The molecule has 1 aromatic heterocycles. The predicted octanol–water partition coefficient (Wildman–Crippen LogP) is 3.90. The Balaban J connectivity index is 1.87. The summed E-state index contributed by atoms with van der Waals surface area (Å²) < 4.78 is 0. The normalized spacial score (nSPS) is 10.4. The third-order valence-corrected chi connectivity index (χ3v) is 3.98. The first-order valence-electron chi connectivity index (χ1n) is 6.82. The molecule has 4 nitrogen and oxygen atoms in total. The molecule has 0 saturated carbocycles. The highest BCUT2D eigenvalue weighted by Crippen LogP contribution is 2.20. The van der Waals surface area contributed by atoms with Crippen molar-refractivity contribution in [3.05, 3.63) is 71.1 Å². The van der Waals surface area contributed by atoms with Gasteiger partial charge in [0, 0.05) is 16.8 Å². The monoisotopic (exact) mass is 309 g/mol. The molecule has 110 valence electrons. The van der Waals surface area contributed by atoms with Crippen LogP contribution in [0.1, 0.15) is 0 Å². The molecule has 0 amide bonds. The second kappa shape index (κ2) is 6.49. The van der Waals surface area contributed by atoms with Crippen molar-refractivity contribution in [3.8, 4) is 11.1 Å². The summed E-state index contributed by atoms with van der Waals surface area (Å²) in [7, 11) is 0. The zero-order chi connectivity index (χ0) is 15.4. The highest BCUT2D eigenvalue weighted by molar-refractivity contribution is 7.98. The lowest BCUT2D eigenvalue weighted by atomic mass is 10.1. The van der Waals surface area contributed by atoms with Gasteiger partial charge in [0.1, 0.15) is 0 Å². The van der Waals surface area contributed by atoms with E-state index in [9.17, 15) is 4.79 Å². The van der Waals surface area contributed by atoms with Crippen molar-refractivity contribution < 1.29 is 0 Å². The van der Waals surface area contributed by atoms with Crippen LogP contribution in [0.5, 0.6) is 0 Å². The number of hydrogen-bond acceptors (Lipinski definition) is 4. The van der Waals surface area contributed by atoms with E-state index in [2.05, 4.69) is 15.3 Å². The molecule has 22 heavy (non-hydrogen) atoms. The number of aromatic nitrogens is 2. The molecule has 2 aromatic carbocycles. The van der Waals surface area contributed by atoms with E-state index < -0.39 is 0 Å². The van der Waals surface area contributed by atoms with E-state index in [0.29, 0.717) is 11.5 Å². The molecule has 3 aromatic rings. The summed E-state index contributed by atoms with van der Waals surface area (Å²) in [6, 6.07) is 17.5. The minimum absolute atomic E-state index is 0.162. The third kappa shape index (κ3) is 3.20. The van der Waals surface area contributed by atoms with Gasteiger partial charge in [0.15, 0.2) is 0 Å². The molecule has 2 N–H and O–H groups in total. The molecule has 0 saturated heterocycles. The second-order valence-corrected chi connectivity index (χ2v) is 5.57. The first kappa shape index (κ1) is 14.4. The summed E-state index contributed by atoms with van der Waals surface area (Å²) >= 11 is 1.67. The molecule has 1 heterocycles. The van der Waals surface area contributed by atoms with Gasteiger partial charge < -0.3 is 5.32 Å². The summed E-state index contributed by atoms with van der Waals surface area (Å²) in [5.74, 6) is 0.431. The van der Waals surface area contributed by atoms with Crippen LogP contribution in [-0.4, -0.2) is 16.2 Å². The van der Waals surface area contributed by atoms with Gasteiger partial charge in [-0.1, -0.05) is 30.3 Å². The van der Waals surface area contributed by atoms with E-state index >= 15 is 0 Å². The maximum absolute atomic E-state index is 12.2. The molecule has 3 rings (SSSR count). The Morgan fingerprint density at radius 1 is 1.05 bits per heavy atom. The largest absolute Gasteiger partial charge is 0.326 e. The fraction of sp³-hybridized carbons (Fsp3) is 0.0588. The first-order valence-corrected chi connectivity index (χ1v) is 8.04. The van der Waals surface area contributed by atoms with Gasteiger partial charge >= 0.3 is 0 Å². The Morgan fingerprint density at radius 2 is 1.77 bits per heavy atom. The van der Waals surface area contributed by atoms with E-state index in [4.69, 9.17) is 0 Å². The number of benzene rings is 2. The van der Waals surface area contributed by atoms with Gasteiger partial charge in [0.05, 0.1) is 5.56 Å². The lowest BCUT2D eigenvalue weighted by Gasteiger charge is -2.06. The number of H-pyrrole nitrogens is 1. The van der Waals surface area contributed by atoms with Crippen molar-refractivity contribution in [3.63, 3.8) is 0 Å². The molecule has 0 atom stereocenters. The van der Waals surface area contributed by atoms with Crippen LogP contribution in [0, 0.1) is 0 Å². The smallest absolute Gasteiger partial charge is 0.260 e. The zero-order valence-electron chi connectivity index (χ0n) is 12.0. The summed E-state index contributed by atoms with van der Waals surface area (Å²) in [5, 5.41) is 3.07. The quantitative estimate of drug-likeness (QED) is 0.718. The highest BCUT2D eigenvalue weighted by atomic mass is 32.2. The number of nitrogens with one attached hydrogen (secondary N) is 2. The van der Waals surface area contributed by atoms with E-state index in [1.807, 2.05) is 60.9 Å². The Morgan fingerprint density at radius 3 is 2.41 bits per heavy atom. The van der Waals surface area contributed by atoms with Gasteiger partial charge in [-0.05, 0) is 36.1 Å². The van der Waals surface area contributed by atoms with E-state index in [0.717, 1.165) is 16.1 Å². The van der Waals surface area contributed by atoms with Crippen molar-refractivity contribution in [1.29, 1.82) is 0 Å². The standard InChI is InChI=1S/C17H15N3OS/c1-22-14-9-7-12(8-10-14)15-11-18-17(20-16(15)21)19-13-5-3-2-4-6-13/h2-11H,1H3,(H2,18,19,20,21). The first-order chi connectivity index (χ1) is 10.8. The minimum Gasteiger partial charge on any atom is -0.326 e. The summed E-state index contributed by atoms with van der Waals surface area (Å²) in [5.41, 5.74) is 2.14. The van der Waals surface area contributed by atoms with Crippen LogP contribution in [-0.2, 0) is 0 Å². The van der Waals surface area contributed by atoms with Gasteiger partial charge in [-0.25, -0.2) is 4.98 Å². The summed E-state index contributed by atoms with van der Waals surface area (Å²) in [4.78, 5) is 20.5. The van der Waals surface area contributed by atoms with E-state index in [1.54, 1.807) is 18.0 Å². The molecule has 5 heteroatoms. The number of thioether (sulfide) groups is 1. The van der Waals surface area contributed by atoms with E-state index in [-0.39, 0.29) is 5.56 Å². The number of para-hydroxylation sites is 1. The van der Waals surface area contributed by atoms with Crippen LogP contribution in [0.2, 0.25) is 0 Å². The van der Waals surface area contributed by atoms with Crippen molar-refractivity contribution in [2.75, 3.05) is 11.6 Å². The Hall–Kier alpha value is -2.53. The van der Waals surface area contributed by atoms with Gasteiger partial charge in [0.25, 0.3) is 5.56 Å². The molecule has 0 aliphatic heterocycles. The molecular weight excluding hydrogens is 294 g/mol. The molecular formula is C17H15N3OS. The summed E-state index contributed by atoms with van der Waals surface area (Å²) in [6.07, 6.45) is 3.62. The van der Waals surface area contributed by atoms with Crippen LogP contribution >= 0.6 is 11.8 Å². The number of rotatable bonds is 4. The lowest BCUT2D eigenvalue weighted by Crippen LogP contribution is -2.12. The third-order valence-electron chi connectivity index (χ3n) is 3.24. The van der Waals surface area contributed by atoms with Gasteiger partial charge in [-0.2, -0.15) is 0 Å². The molecule has 0 bridgehead atoms. The molecule has 0 spiro atoms. The minimum atomic E-state index is -0.162. The molecule has 0 fully saturated rings. The number of nitrogens with zero attached hydrogens (tertiary/aromatic N) is 1. The summed E-state index contributed by atoms with van der Waals surface area (Å²) in [6.45, 7) is 0. The number of hydrogen-bond donors (Lipinski definition) is 2. The molecule has 0 aliphatic carbocycles. The Bertz CT molecular complexity index is 813. The van der Waals surface area contributed by atoms with Crippen molar-refractivity contribution in [1.82, 2.24) is 9.97 Å². The van der Waals surface area contributed by atoms with E-state index in [1.165, 1.54) is 0 Å². The molecule has 0 unspecified atom stereocenters. The van der Waals surface area contributed by atoms with Crippen LogP contribution in [0.3, 0.4) is 0 Å². The van der Waals surface area contributed by atoms with Gasteiger partial charge in [-0.3, -0.25) is 9.78 Å². The maximum atomic E-state index is 12.2. The average Bonchev–Trinajstić information content (AvgIpc) is 2.56. The number of aromatic amines is 1. The fourth-order valence-corrected chi connectivity index (χ4v) is 2.50. The molecule has 0 radical (unpaired) electrons. The predicted molar refractivity (Wildman–Crippen MR) is 91.8 cm³/mol. The Labute approximate surface area is 132 Å². The maximum Gasteiger partial charge on any atom is 0.260 e. The Kier molecular flexibility index (Phi) is 4.25. The van der Waals surface area contributed by atoms with Crippen LogP contribution < -0.4 is 10.9 Å².